The Balaban J connectivity index is 2.14. The lowest BCUT2D eigenvalue weighted by Gasteiger charge is -2.20. The van der Waals surface area contributed by atoms with E-state index in [1.54, 1.807) is 0 Å². The summed E-state index contributed by atoms with van der Waals surface area (Å²) >= 11 is 0. The van der Waals surface area contributed by atoms with Gasteiger partial charge in [0, 0.05) is 13.0 Å². The summed E-state index contributed by atoms with van der Waals surface area (Å²) in [4.78, 5) is 0. The smallest absolute Gasteiger partial charge is 0.0684 e. The Morgan fingerprint density at radius 3 is 2.91 bits per heavy atom. The maximum atomic E-state index is 5.48. The van der Waals surface area contributed by atoms with E-state index >= 15 is 0 Å². The van der Waals surface area contributed by atoms with Crippen molar-refractivity contribution in [2.24, 2.45) is 5.73 Å². The maximum Gasteiger partial charge on any atom is 0.0684 e. The minimum Gasteiger partial charge on any atom is -0.377 e. The molecule has 1 rings (SSSR count). The number of nitrogens with two attached hydrogens (primary N) is 1. The van der Waals surface area contributed by atoms with Crippen LogP contribution in [0.4, 0.5) is 0 Å². The highest BCUT2D eigenvalue weighted by atomic mass is 16.5. The van der Waals surface area contributed by atoms with Crippen molar-refractivity contribution in [3.05, 3.63) is 0 Å². The van der Waals surface area contributed by atoms with E-state index in [1.807, 2.05) is 0 Å². The van der Waals surface area contributed by atoms with E-state index in [1.165, 1.54) is 19.3 Å². The predicted octanol–water partition coefficient (Wildman–Crippen LogP) is 0.908. The molecule has 1 aliphatic rings. The van der Waals surface area contributed by atoms with Crippen molar-refractivity contribution in [1.29, 1.82) is 0 Å². The van der Waals surface area contributed by atoms with Crippen LogP contribution in [0.2, 0.25) is 0 Å². The zero-order valence-electron chi connectivity index (χ0n) is 6.81. The van der Waals surface area contributed by atoms with Gasteiger partial charge in [-0.1, -0.05) is 11.8 Å². The Kier molecular flexibility index (Phi) is 4.03. The third-order valence-electron chi connectivity index (χ3n) is 1.83. The van der Waals surface area contributed by atoms with Gasteiger partial charge < -0.3 is 10.5 Å². The molecule has 0 aromatic rings. The molecule has 0 bridgehead atoms. The fourth-order valence-electron chi connectivity index (χ4n) is 1.23. The summed E-state index contributed by atoms with van der Waals surface area (Å²) in [6.07, 6.45) is 4.90. The molecule has 1 fully saturated rings. The molecule has 1 unspecified atom stereocenters. The zero-order chi connectivity index (χ0) is 7.94. The Morgan fingerprint density at radius 2 is 2.27 bits per heavy atom. The molecule has 11 heavy (non-hydrogen) atoms. The number of rotatable bonds is 1. The van der Waals surface area contributed by atoms with Gasteiger partial charge in [-0.05, 0) is 19.3 Å². The average molecular weight is 153 g/mol. The van der Waals surface area contributed by atoms with Crippen molar-refractivity contribution in [2.75, 3.05) is 13.2 Å². The molecule has 1 saturated heterocycles. The molecule has 0 aromatic heterocycles. The third-order valence-corrected chi connectivity index (χ3v) is 1.83. The highest BCUT2D eigenvalue weighted by molar-refractivity contribution is 5.01. The van der Waals surface area contributed by atoms with Crippen LogP contribution in [-0.2, 0) is 4.74 Å². The topological polar surface area (TPSA) is 35.2 Å². The van der Waals surface area contributed by atoms with Gasteiger partial charge in [0.1, 0.15) is 0 Å². The summed E-state index contributed by atoms with van der Waals surface area (Å²) in [5.74, 6) is 5.85. The molecule has 1 heterocycles. The van der Waals surface area contributed by atoms with Gasteiger partial charge in [-0.15, -0.1) is 0 Å². The van der Waals surface area contributed by atoms with Crippen LogP contribution in [0.25, 0.3) is 0 Å². The highest BCUT2D eigenvalue weighted by Gasteiger charge is 2.11. The molecule has 1 aliphatic heterocycles. The minimum absolute atomic E-state index is 0.378. The van der Waals surface area contributed by atoms with Gasteiger partial charge in [0.25, 0.3) is 0 Å². The Morgan fingerprint density at radius 1 is 1.36 bits per heavy atom. The van der Waals surface area contributed by atoms with Crippen LogP contribution in [0.3, 0.4) is 0 Å². The first-order valence-electron chi connectivity index (χ1n) is 4.21. The van der Waals surface area contributed by atoms with Crippen molar-refractivity contribution in [3.8, 4) is 11.8 Å². The summed E-state index contributed by atoms with van der Waals surface area (Å²) in [6.45, 7) is 1.38. The van der Waals surface area contributed by atoms with Crippen LogP contribution in [0.5, 0.6) is 0 Å². The zero-order valence-corrected chi connectivity index (χ0v) is 6.81. The lowest BCUT2D eigenvalue weighted by atomic mass is 10.1. The van der Waals surface area contributed by atoms with Crippen LogP contribution >= 0.6 is 0 Å². The second-order valence-corrected chi connectivity index (χ2v) is 2.75. The molecule has 0 aliphatic carbocycles. The summed E-state index contributed by atoms with van der Waals surface area (Å²) in [5.41, 5.74) is 5.23. The average Bonchev–Trinajstić information content (AvgIpc) is 2.07. The lowest BCUT2D eigenvalue weighted by Crippen LogP contribution is -2.18. The number of hydrogen-bond acceptors (Lipinski definition) is 2. The van der Waals surface area contributed by atoms with Crippen molar-refractivity contribution in [3.63, 3.8) is 0 Å². The minimum atomic E-state index is 0.378. The van der Waals surface area contributed by atoms with Crippen LogP contribution in [0, 0.1) is 11.8 Å². The van der Waals surface area contributed by atoms with Gasteiger partial charge in [0.15, 0.2) is 0 Å². The van der Waals surface area contributed by atoms with Gasteiger partial charge >= 0.3 is 0 Å². The van der Waals surface area contributed by atoms with E-state index in [0.29, 0.717) is 12.6 Å². The quantitative estimate of drug-likeness (QED) is 0.568. The monoisotopic (exact) mass is 153 g/mol. The van der Waals surface area contributed by atoms with Crippen molar-refractivity contribution in [2.45, 2.75) is 31.8 Å². The van der Waals surface area contributed by atoms with Crippen LogP contribution in [0.1, 0.15) is 25.7 Å². The van der Waals surface area contributed by atoms with E-state index in [0.717, 1.165) is 13.0 Å². The number of ether oxygens (including phenoxy) is 1. The molecule has 0 saturated carbocycles. The van der Waals surface area contributed by atoms with E-state index < -0.39 is 0 Å². The van der Waals surface area contributed by atoms with E-state index in [4.69, 9.17) is 10.5 Å². The SMILES string of the molecule is NCC#CCC1CCCCO1. The van der Waals surface area contributed by atoms with Crippen molar-refractivity contribution in [1.82, 2.24) is 0 Å². The maximum absolute atomic E-state index is 5.48. The molecule has 2 nitrogen and oxygen atoms in total. The third kappa shape index (κ3) is 3.41. The Bertz CT molecular complexity index is 151. The van der Waals surface area contributed by atoms with Gasteiger partial charge in [-0.3, -0.25) is 0 Å². The first-order chi connectivity index (χ1) is 5.43. The molecule has 2 heteroatoms. The van der Waals surface area contributed by atoms with Crippen LogP contribution in [0.15, 0.2) is 0 Å². The standard InChI is InChI=1S/C9H15NO/c10-7-3-1-5-9-6-2-4-8-11-9/h9H,2,4-8,10H2. The van der Waals surface area contributed by atoms with Crippen LogP contribution in [-0.4, -0.2) is 19.3 Å². The normalized spacial score (nSPS) is 23.9. The molecule has 2 N–H and O–H groups in total. The highest BCUT2D eigenvalue weighted by Crippen LogP contribution is 2.14. The number of hydrogen-bond donors (Lipinski definition) is 1. The fourth-order valence-corrected chi connectivity index (χ4v) is 1.23. The molecular formula is C9H15NO. The van der Waals surface area contributed by atoms with E-state index in [9.17, 15) is 0 Å². The molecule has 0 amide bonds. The fraction of sp³-hybridized carbons (Fsp3) is 0.778. The Labute approximate surface area is 68.1 Å². The molecule has 0 spiro atoms. The molecule has 0 aromatic carbocycles. The molecular weight excluding hydrogens is 138 g/mol. The van der Waals surface area contributed by atoms with Crippen molar-refractivity contribution < 1.29 is 4.74 Å². The first kappa shape index (κ1) is 8.58. The van der Waals surface area contributed by atoms with Gasteiger partial charge in [0.05, 0.1) is 12.6 Å². The van der Waals surface area contributed by atoms with Crippen LogP contribution < -0.4 is 5.73 Å². The summed E-state index contributed by atoms with van der Waals surface area (Å²) in [7, 11) is 0. The van der Waals surface area contributed by atoms with Gasteiger partial charge in [-0.25, -0.2) is 0 Å². The second kappa shape index (κ2) is 5.17. The summed E-state index contributed by atoms with van der Waals surface area (Å²) < 4.78 is 5.48. The molecule has 1 atom stereocenters. The van der Waals surface area contributed by atoms with E-state index in [2.05, 4.69) is 11.8 Å². The molecule has 62 valence electrons. The largest absolute Gasteiger partial charge is 0.377 e. The summed E-state index contributed by atoms with van der Waals surface area (Å²) in [5, 5.41) is 0. The lowest BCUT2D eigenvalue weighted by molar-refractivity contribution is 0.0197. The molecule has 0 radical (unpaired) electrons. The van der Waals surface area contributed by atoms with Gasteiger partial charge in [0.2, 0.25) is 0 Å². The van der Waals surface area contributed by atoms with Crippen molar-refractivity contribution >= 4 is 0 Å². The second-order valence-electron chi connectivity index (χ2n) is 2.75. The summed E-state index contributed by atoms with van der Waals surface area (Å²) in [6, 6.07) is 0. The first-order valence-corrected chi connectivity index (χ1v) is 4.21. The predicted molar refractivity (Wildman–Crippen MR) is 45.0 cm³/mol. The van der Waals surface area contributed by atoms with Gasteiger partial charge in [-0.2, -0.15) is 0 Å². The van der Waals surface area contributed by atoms with E-state index in [-0.39, 0.29) is 0 Å². The Hall–Kier alpha value is -0.520.